The first-order valence-electron chi connectivity index (χ1n) is 7.12. The van der Waals surface area contributed by atoms with E-state index in [9.17, 15) is 0 Å². The highest BCUT2D eigenvalue weighted by molar-refractivity contribution is 6.30. The van der Waals surface area contributed by atoms with Crippen LogP contribution in [0, 0.1) is 0 Å². The minimum absolute atomic E-state index is 0.499. The number of nitrogens with two attached hydrogens (primary N) is 1. The number of hydrogen-bond acceptors (Lipinski definition) is 2. The number of hydrogen-bond donors (Lipinski definition) is 2. The molecule has 0 bridgehead atoms. The molecule has 4 nitrogen and oxygen atoms in total. The zero-order valence-electron chi connectivity index (χ0n) is 12.3. The van der Waals surface area contributed by atoms with Gasteiger partial charge in [0.25, 0.3) is 0 Å². The van der Waals surface area contributed by atoms with Gasteiger partial charge in [-0.1, -0.05) is 24.9 Å². The van der Waals surface area contributed by atoms with Crippen molar-refractivity contribution in [3.05, 3.63) is 28.8 Å². The third kappa shape index (κ3) is 6.15. The average Bonchev–Trinajstić information content (AvgIpc) is 2.42. The average molecular weight is 298 g/mol. The number of rotatable bonds is 8. The maximum atomic E-state index is 6.02. The molecule has 0 unspecified atom stereocenters. The number of unbranched alkanes of at least 4 members (excludes halogenated alkanes) is 1. The Bertz CT molecular complexity index is 435. The van der Waals surface area contributed by atoms with Crippen molar-refractivity contribution in [1.29, 1.82) is 0 Å². The quantitative estimate of drug-likeness (QED) is 0.440. The standard InChI is InChI=1S/C15H24ClN3O/c1-3-5-9-18-15(17)19-10-8-12-11-13(16)6-7-14(12)20-4-2/h6-7,11H,3-5,8-10H2,1-2H3,(H3,17,18,19). The molecule has 20 heavy (non-hydrogen) atoms. The SMILES string of the molecule is CCCCN=C(N)NCCc1cc(Cl)ccc1OCC. The van der Waals surface area contributed by atoms with Crippen molar-refractivity contribution in [3.63, 3.8) is 0 Å². The normalized spacial score (nSPS) is 11.4. The summed E-state index contributed by atoms with van der Waals surface area (Å²) in [6, 6.07) is 5.67. The lowest BCUT2D eigenvalue weighted by atomic mass is 10.1. The van der Waals surface area contributed by atoms with Crippen molar-refractivity contribution < 1.29 is 4.74 Å². The summed E-state index contributed by atoms with van der Waals surface area (Å²) in [6.45, 7) is 6.23. The minimum atomic E-state index is 0.499. The van der Waals surface area contributed by atoms with Crippen molar-refractivity contribution in [2.24, 2.45) is 10.7 Å². The molecule has 112 valence electrons. The Morgan fingerprint density at radius 2 is 2.20 bits per heavy atom. The van der Waals surface area contributed by atoms with Crippen molar-refractivity contribution in [2.45, 2.75) is 33.1 Å². The van der Waals surface area contributed by atoms with Gasteiger partial charge in [0.1, 0.15) is 5.75 Å². The van der Waals surface area contributed by atoms with E-state index < -0.39 is 0 Å². The maximum absolute atomic E-state index is 6.02. The molecule has 0 radical (unpaired) electrons. The molecule has 5 heteroatoms. The van der Waals surface area contributed by atoms with Crippen LogP contribution in [0.4, 0.5) is 0 Å². The molecule has 0 amide bonds. The summed E-state index contributed by atoms with van der Waals surface area (Å²) < 4.78 is 5.58. The minimum Gasteiger partial charge on any atom is -0.494 e. The predicted octanol–water partition coefficient (Wildman–Crippen LogP) is 2.99. The van der Waals surface area contributed by atoms with Crippen molar-refractivity contribution >= 4 is 17.6 Å². The molecule has 0 spiro atoms. The molecule has 3 N–H and O–H groups in total. The fourth-order valence-corrected chi connectivity index (χ4v) is 1.97. The molecular formula is C15H24ClN3O. The van der Waals surface area contributed by atoms with E-state index in [0.717, 1.165) is 37.1 Å². The van der Waals surface area contributed by atoms with Crippen LogP contribution in [-0.2, 0) is 6.42 Å². The van der Waals surface area contributed by atoms with Crippen molar-refractivity contribution in [2.75, 3.05) is 19.7 Å². The summed E-state index contributed by atoms with van der Waals surface area (Å²) in [4.78, 5) is 4.25. The zero-order chi connectivity index (χ0) is 14.8. The number of nitrogens with zero attached hydrogens (tertiary/aromatic N) is 1. The molecule has 1 rings (SSSR count). The van der Waals surface area contributed by atoms with E-state index in [1.807, 2.05) is 25.1 Å². The lowest BCUT2D eigenvalue weighted by Gasteiger charge is -2.11. The first kappa shape index (κ1) is 16.6. The van der Waals surface area contributed by atoms with Crippen LogP contribution in [0.1, 0.15) is 32.3 Å². The number of aliphatic imine (C=N–C) groups is 1. The first-order chi connectivity index (χ1) is 9.67. The van der Waals surface area contributed by atoms with Gasteiger partial charge in [0, 0.05) is 18.1 Å². The Hall–Kier alpha value is -1.42. The lowest BCUT2D eigenvalue weighted by Crippen LogP contribution is -2.33. The molecule has 0 aromatic heterocycles. The molecule has 0 aliphatic heterocycles. The van der Waals surface area contributed by atoms with E-state index in [-0.39, 0.29) is 0 Å². The zero-order valence-corrected chi connectivity index (χ0v) is 13.0. The van der Waals surface area contributed by atoms with Gasteiger partial charge in [-0.15, -0.1) is 0 Å². The fourth-order valence-electron chi connectivity index (χ4n) is 1.78. The van der Waals surface area contributed by atoms with E-state index in [4.69, 9.17) is 22.1 Å². The summed E-state index contributed by atoms with van der Waals surface area (Å²) in [5.41, 5.74) is 6.86. The predicted molar refractivity (Wildman–Crippen MR) is 85.7 cm³/mol. The van der Waals surface area contributed by atoms with Crippen LogP contribution in [0.3, 0.4) is 0 Å². The third-order valence-electron chi connectivity index (χ3n) is 2.82. The van der Waals surface area contributed by atoms with Crippen molar-refractivity contribution in [1.82, 2.24) is 5.32 Å². The lowest BCUT2D eigenvalue weighted by molar-refractivity contribution is 0.336. The Morgan fingerprint density at radius 3 is 2.90 bits per heavy atom. The molecule has 0 atom stereocenters. The van der Waals surface area contributed by atoms with Crippen LogP contribution < -0.4 is 15.8 Å². The Morgan fingerprint density at radius 1 is 1.40 bits per heavy atom. The van der Waals surface area contributed by atoms with Gasteiger partial charge in [0.05, 0.1) is 6.61 Å². The summed E-state index contributed by atoms with van der Waals surface area (Å²) >= 11 is 6.02. The van der Waals surface area contributed by atoms with E-state index in [0.29, 0.717) is 24.1 Å². The van der Waals surface area contributed by atoms with Gasteiger partial charge >= 0.3 is 0 Å². The highest BCUT2D eigenvalue weighted by Crippen LogP contribution is 2.23. The van der Waals surface area contributed by atoms with Gasteiger partial charge in [-0.2, -0.15) is 0 Å². The first-order valence-corrected chi connectivity index (χ1v) is 7.50. The Balaban J connectivity index is 2.48. The highest BCUT2D eigenvalue weighted by Gasteiger charge is 2.04. The largest absolute Gasteiger partial charge is 0.494 e. The van der Waals surface area contributed by atoms with Gasteiger partial charge in [0.15, 0.2) is 5.96 Å². The Kier molecular flexibility index (Phi) is 7.88. The van der Waals surface area contributed by atoms with Crippen LogP contribution in [0.5, 0.6) is 5.75 Å². The molecule has 0 saturated carbocycles. The number of guanidine groups is 1. The second kappa shape index (κ2) is 9.48. The summed E-state index contributed by atoms with van der Waals surface area (Å²) in [7, 11) is 0. The molecule has 0 aliphatic carbocycles. The highest BCUT2D eigenvalue weighted by atomic mass is 35.5. The molecular weight excluding hydrogens is 274 g/mol. The monoisotopic (exact) mass is 297 g/mol. The van der Waals surface area contributed by atoms with Gasteiger partial charge in [-0.25, -0.2) is 0 Å². The molecule has 0 heterocycles. The second-order valence-electron chi connectivity index (χ2n) is 4.48. The molecule has 1 aromatic rings. The van der Waals surface area contributed by atoms with E-state index in [2.05, 4.69) is 17.2 Å². The van der Waals surface area contributed by atoms with E-state index in [1.54, 1.807) is 0 Å². The molecule has 0 aliphatic rings. The van der Waals surface area contributed by atoms with E-state index in [1.165, 1.54) is 0 Å². The van der Waals surface area contributed by atoms with Crippen LogP contribution in [0.15, 0.2) is 23.2 Å². The molecule has 0 saturated heterocycles. The number of halogens is 1. The smallest absolute Gasteiger partial charge is 0.188 e. The van der Waals surface area contributed by atoms with E-state index >= 15 is 0 Å². The van der Waals surface area contributed by atoms with Crippen LogP contribution in [-0.4, -0.2) is 25.7 Å². The Labute approximate surface area is 126 Å². The second-order valence-corrected chi connectivity index (χ2v) is 4.92. The van der Waals surface area contributed by atoms with Gasteiger partial charge in [-0.05, 0) is 43.5 Å². The third-order valence-corrected chi connectivity index (χ3v) is 3.05. The summed E-state index contributed by atoms with van der Waals surface area (Å²) in [5, 5.41) is 3.82. The van der Waals surface area contributed by atoms with Crippen LogP contribution >= 0.6 is 11.6 Å². The topological polar surface area (TPSA) is 59.6 Å². The summed E-state index contributed by atoms with van der Waals surface area (Å²) in [5.74, 6) is 1.37. The van der Waals surface area contributed by atoms with Gasteiger partial charge in [0.2, 0.25) is 0 Å². The number of ether oxygens (including phenoxy) is 1. The fraction of sp³-hybridized carbons (Fsp3) is 0.533. The molecule has 1 aromatic carbocycles. The molecule has 0 fully saturated rings. The van der Waals surface area contributed by atoms with Gasteiger partial charge < -0.3 is 15.8 Å². The van der Waals surface area contributed by atoms with Crippen LogP contribution in [0.2, 0.25) is 5.02 Å². The number of nitrogens with one attached hydrogen (secondary N) is 1. The number of benzene rings is 1. The summed E-state index contributed by atoms with van der Waals surface area (Å²) in [6.07, 6.45) is 2.97. The van der Waals surface area contributed by atoms with Crippen LogP contribution in [0.25, 0.3) is 0 Å². The van der Waals surface area contributed by atoms with Crippen molar-refractivity contribution in [3.8, 4) is 5.75 Å². The van der Waals surface area contributed by atoms with Gasteiger partial charge in [-0.3, -0.25) is 4.99 Å². The maximum Gasteiger partial charge on any atom is 0.188 e.